The second-order valence-electron chi connectivity index (χ2n) is 5.27. The van der Waals surface area contributed by atoms with E-state index in [4.69, 9.17) is 9.47 Å². The summed E-state index contributed by atoms with van der Waals surface area (Å²) < 4.78 is 11.5. The topological polar surface area (TPSA) is 18.5 Å². The highest BCUT2D eigenvalue weighted by Crippen LogP contribution is 2.31. The lowest BCUT2D eigenvalue weighted by Gasteiger charge is -2.25. The number of ether oxygens (including phenoxy) is 2. The normalized spacial score (nSPS) is 17.6. The molecule has 2 heteroatoms. The van der Waals surface area contributed by atoms with Crippen LogP contribution in [0.3, 0.4) is 0 Å². The molecular formula is C18H20O2. The van der Waals surface area contributed by atoms with Crippen LogP contribution in [0.4, 0.5) is 0 Å². The molecule has 0 spiro atoms. The minimum absolute atomic E-state index is 0.354. The van der Waals surface area contributed by atoms with Crippen molar-refractivity contribution in [3.05, 3.63) is 65.2 Å². The summed E-state index contributed by atoms with van der Waals surface area (Å²) in [6, 6.07) is 16.7. The largest absolute Gasteiger partial charge is 0.489 e. The maximum atomic E-state index is 6.02. The fourth-order valence-corrected chi connectivity index (χ4v) is 2.81. The van der Waals surface area contributed by atoms with Crippen LogP contribution < -0.4 is 4.74 Å². The molecule has 2 aromatic rings. The number of hydrogen-bond acceptors (Lipinski definition) is 2. The lowest BCUT2D eigenvalue weighted by atomic mass is 9.89. The second-order valence-corrected chi connectivity index (χ2v) is 5.27. The Bertz CT molecular complexity index is 563. The van der Waals surface area contributed by atoms with E-state index in [0.29, 0.717) is 12.7 Å². The van der Waals surface area contributed by atoms with Crippen LogP contribution in [0.1, 0.15) is 23.1 Å². The summed E-state index contributed by atoms with van der Waals surface area (Å²) in [5, 5.41) is 0. The molecule has 20 heavy (non-hydrogen) atoms. The molecule has 0 saturated carbocycles. The van der Waals surface area contributed by atoms with Crippen LogP contribution in [0.5, 0.6) is 5.75 Å². The van der Waals surface area contributed by atoms with Crippen molar-refractivity contribution in [2.75, 3.05) is 7.11 Å². The van der Waals surface area contributed by atoms with E-state index in [-0.39, 0.29) is 0 Å². The van der Waals surface area contributed by atoms with E-state index in [2.05, 4.69) is 30.3 Å². The number of hydrogen-bond donors (Lipinski definition) is 0. The molecule has 0 N–H and O–H groups in total. The number of benzene rings is 2. The van der Waals surface area contributed by atoms with Gasteiger partial charge in [-0.05, 0) is 42.0 Å². The Kier molecular flexibility index (Phi) is 4.03. The van der Waals surface area contributed by atoms with Crippen LogP contribution in [0, 0.1) is 0 Å². The summed E-state index contributed by atoms with van der Waals surface area (Å²) in [7, 11) is 1.80. The van der Waals surface area contributed by atoms with E-state index in [1.54, 1.807) is 7.11 Å². The minimum Gasteiger partial charge on any atom is -0.489 e. The van der Waals surface area contributed by atoms with Crippen molar-refractivity contribution in [1.82, 2.24) is 0 Å². The highest BCUT2D eigenvalue weighted by atomic mass is 16.5. The van der Waals surface area contributed by atoms with Crippen LogP contribution >= 0.6 is 0 Å². The van der Waals surface area contributed by atoms with Gasteiger partial charge in [-0.1, -0.05) is 42.5 Å². The van der Waals surface area contributed by atoms with E-state index in [1.807, 2.05) is 18.2 Å². The third-order valence-corrected chi connectivity index (χ3v) is 3.96. The van der Waals surface area contributed by atoms with Gasteiger partial charge in [0, 0.05) is 7.11 Å². The first-order valence-electron chi connectivity index (χ1n) is 7.17. The van der Waals surface area contributed by atoms with Crippen molar-refractivity contribution in [1.29, 1.82) is 0 Å². The standard InChI is InChI=1S/C18H20O2/c1-19-16-10-11-17-15(12-16)8-5-9-18(17)20-13-14-6-3-2-4-7-14/h2-9,16H,10-13H2,1H3. The highest BCUT2D eigenvalue weighted by Gasteiger charge is 2.20. The van der Waals surface area contributed by atoms with Crippen molar-refractivity contribution in [3.8, 4) is 5.75 Å². The fourth-order valence-electron chi connectivity index (χ4n) is 2.81. The monoisotopic (exact) mass is 268 g/mol. The molecule has 1 unspecified atom stereocenters. The van der Waals surface area contributed by atoms with Crippen molar-refractivity contribution in [2.45, 2.75) is 32.0 Å². The van der Waals surface area contributed by atoms with Crippen LogP contribution in [0.2, 0.25) is 0 Å². The van der Waals surface area contributed by atoms with Gasteiger partial charge in [-0.15, -0.1) is 0 Å². The molecular weight excluding hydrogens is 248 g/mol. The fraction of sp³-hybridized carbons (Fsp3) is 0.333. The molecule has 2 aromatic carbocycles. The van der Waals surface area contributed by atoms with E-state index in [1.165, 1.54) is 16.7 Å². The summed E-state index contributed by atoms with van der Waals surface area (Å²) >= 11 is 0. The summed E-state index contributed by atoms with van der Waals surface area (Å²) in [5.41, 5.74) is 3.93. The molecule has 0 bridgehead atoms. The molecule has 1 aliphatic rings. The van der Waals surface area contributed by atoms with Gasteiger partial charge >= 0.3 is 0 Å². The Morgan fingerprint density at radius 2 is 1.90 bits per heavy atom. The van der Waals surface area contributed by atoms with Gasteiger partial charge < -0.3 is 9.47 Å². The third-order valence-electron chi connectivity index (χ3n) is 3.96. The predicted molar refractivity (Wildman–Crippen MR) is 80.0 cm³/mol. The lowest BCUT2D eigenvalue weighted by molar-refractivity contribution is 0.0905. The van der Waals surface area contributed by atoms with Crippen molar-refractivity contribution in [2.24, 2.45) is 0 Å². The summed E-state index contributed by atoms with van der Waals surface area (Å²) in [5.74, 6) is 1.03. The van der Waals surface area contributed by atoms with Crippen molar-refractivity contribution >= 4 is 0 Å². The zero-order valence-electron chi connectivity index (χ0n) is 11.8. The average molecular weight is 268 g/mol. The van der Waals surface area contributed by atoms with E-state index in [9.17, 15) is 0 Å². The van der Waals surface area contributed by atoms with Gasteiger partial charge in [0.25, 0.3) is 0 Å². The second kappa shape index (κ2) is 6.10. The number of methoxy groups -OCH3 is 1. The average Bonchev–Trinajstić information content (AvgIpc) is 2.53. The molecule has 0 amide bonds. The molecule has 0 heterocycles. The van der Waals surface area contributed by atoms with E-state index >= 15 is 0 Å². The van der Waals surface area contributed by atoms with Crippen LogP contribution in [0.25, 0.3) is 0 Å². The van der Waals surface area contributed by atoms with Gasteiger partial charge in [0.05, 0.1) is 6.10 Å². The first-order chi connectivity index (χ1) is 9.86. The molecule has 0 aliphatic heterocycles. The Hall–Kier alpha value is -1.80. The molecule has 1 atom stereocenters. The SMILES string of the molecule is COC1CCc2c(cccc2OCc2ccccc2)C1. The zero-order chi connectivity index (χ0) is 13.8. The van der Waals surface area contributed by atoms with Gasteiger partial charge in [0.1, 0.15) is 12.4 Å². The molecule has 0 radical (unpaired) electrons. The van der Waals surface area contributed by atoms with Crippen molar-refractivity contribution in [3.63, 3.8) is 0 Å². The smallest absolute Gasteiger partial charge is 0.123 e. The summed E-state index contributed by atoms with van der Waals surface area (Å²) in [6.07, 6.45) is 3.47. The van der Waals surface area contributed by atoms with Gasteiger partial charge in [0.15, 0.2) is 0 Å². The Labute approximate surface area is 120 Å². The Morgan fingerprint density at radius 3 is 2.70 bits per heavy atom. The maximum absolute atomic E-state index is 6.02. The first kappa shape index (κ1) is 13.2. The molecule has 3 rings (SSSR count). The molecule has 0 saturated heterocycles. The van der Waals surface area contributed by atoms with E-state index in [0.717, 1.165) is 25.0 Å². The lowest BCUT2D eigenvalue weighted by Crippen LogP contribution is -2.21. The van der Waals surface area contributed by atoms with Gasteiger partial charge in [-0.25, -0.2) is 0 Å². The summed E-state index contributed by atoms with van der Waals surface area (Å²) in [4.78, 5) is 0. The molecule has 0 fully saturated rings. The van der Waals surface area contributed by atoms with Crippen LogP contribution in [-0.4, -0.2) is 13.2 Å². The highest BCUT2D eigenvalue weighted by molar-refractivity contribution is 5.42. The zero-order valence-corrected chi connectivity index (χ0v) is 11.8. The minimum atomic E-state index is 0.354. The molecule has 2 nitrogen and oxygen atoms in total. The molecule has 1 aliphatic carbocycles. The van der Waals surface area contributed by atoms with Crippen LogP contribution in [-0.2, 0) is 24.2 Å². The Balaban J connectivity index is 1.75. The van der Waals surface area contributed by atoms with Crippen LogP contribution in [0.15, 0.2) is 48.5 Å². The van der Waals surface area contributed by atoms with E-state index < -0.39 is 0 Å². The molecule has 104 valence electrons. The maximum Gasteiger partial charge on any atom is 0.123 e. The Morgan fingerprint density at radius 1 is 1.05 bits per heavy atom. The first-order valence-corrected chi connectivity index (χ1v) is 7.17. The number of fused-ring (bicyclic) bond motifs is 1. The van der Waals surface area contributed by atoms with Gasteiger partial charge in [-0.2, -0.15) is 0 Å². The van der Waals surface area contributed by atoms with Gasteiger partial charge in [-0.3, -0.25) is 0 Å². The van der Waals surface area contributed by atoms with Gasteiger partial charge in [0.2, 0.25) is 0 Å². The quantitative estimate of drug-likeness (QED) is 0.840. The summed E-state index contributed by atoms with van der Waals surface area (Å²) in [6.45, 7) is 0.630. The number of rotatable bonds is 4. The third kappa shape index (κ3) is 2.86. The molecule has 0 aromatic heterocycles. The van der Waals surface area contributed by atoms with Crippen molar-refractivity contribution < 1.29 is 9.47 Å². The predicted octanol–water partition coefficient (Wildman–Crippen LogP) is 3.77.